The summed E-state index contributed by atoms with van der Waals surface area (Å²) in [5.74, 6) is -0.295. The molecule has 96 valence electrons. The first-order valence-corrected chi connectivity index (χ1v) is 6.68. The Kier molecular flexibility index (Phi) is 4.18. The first-order valence-electron chi connectivity index (χ1n) is 5.89. The van der Waals surface area contributed by atoms with Crippen LogP contribution in [-0.4, -0.2) is 6.54 Å². The van der Waals surface area contributed by atoms with Crippen molar-refractivity contribution in [1.29, 1.82) is 5.26 Å². The highest BCUT2D eigenvalue weighted by Gasteiger charge is 2.15. The summed E-state index contributed by atoms with van der Waals surface area (Å²) < 4.78 is 14.7. The van der Waals surface area contributed by atoms with Gasteiger partial charge in [0.15, 0.2) is 0 Å². The van der Waals surface area contributed by atoms with Gasteiger partial charge in [-0.05, 0) is 37.3 Å². The van der Waals surface area contributed by atoms with Crippen molar-refractivity contribution in [1.82, 2.24) is 0 Å². The first kappa shape index (κ1) is 13.6. The summed E-state index contributed by atoms with van der Waals surface area (Å²) in [6, 6.07) is 14.1. The molecule has 0 heterocycles. The number of halogens is 2. The summed E-state index contributed by atoms with van der Waals surface area (Å²) in [7, 11) is 0. The Labute approximate surface area is 120 Å². The average Bonchev–Trinajstić information content (AvgIpc) is 2.43. The van der Waals surface area contributed by atoms with E-state index in [-0.39, 0.29) is 5.82 Å². The van der Waals surface area contributed by atoms with Gasteiger partial charge in [-0.3, -0.25) is 0 Å². The number of hydrogen-bond donors (Lipinski definition) is 0. The molecule has 2 aromatic carbocycles. The highest BCUT2D eigenvalue weighted by Crippen LogP contribution is 2.31. The largest absolute Gasteiger partial charge is 0.338 e. The molecule has 2 aromatic rings. The van der Waals surface area contributed by atoms with Gasteiger partial charge in [-0.25, -0.2) is 4.39 Å². The summed E-state index contributed by atoms with van der Waals surface area (Å²) in [6.45, 7) is 2.51. The third-order valence-corrected chi connectivity index (χ3v) is 3.32. The second kappa shape index (κ2) is 5.85. The van der Waals surface area contributed by atoms with Crippen LogP contribution in [0.1, 0.15) is 12.5 Å². The number of nitriles is 1. The van der Waals surface area contributed by atoms with Gasteiger partial charge in [-0.15, -0.1) is 0 Å². The van der Waals surface area contributed by atoms with Crippen molar-refractivity contribution in [2.75, 3.05) is 11.4 Å². The minimum atomic E-state index is -0.295. The summed E-state index contributed by atoms with van der Waals surface area (Å²) in [4.78, 5) is 1.79. The molecule has 0 aliphatic carbocycles. The van der Waals surface area contributed by atoms with Crippen molar-refractivity contribution < 1.29 is 4.39 Å². The molecule has 0 amide bonds. The van der Waals surface area contributed by atoms with Crippen molar-refractivity contribution in [3.8, 4) is 6.07 Å². The normalized spacial score (nSPS) is 10.0. The van der Waals surface area contributed by atoms with Crippen LogP contribution in [0, 0.1) is 17.1 Å². The minimum absolute atomic E-state index is 0.295. The van der Waals surface area contributed by atoms with Gasteiger partial charge < -0.3 is 4.90 Å². The first-order chi connectivity index (χ1) is 9.17. The van der Waals surface area contributed by atoms with E-state index in [4.69, 9.17) is 0 Å². The highest BCUT2D eigenvalue weighted by molar-refractivity contribution is 9.10. The second-order valence-corrected chi connectivity index (χ2v) is 4.88. The molecular weight excluding hydrogens is 307 g/mol. The van der Waals surface area contributed by atoms with Crippen LogP contribution in [0.2, 0.25) is 0 Å². The fourth-order valence-electron chi connectivity index (χ4n) is 1.97. The quantitative estimate of drug-likeness (QED) is 0.825. The van der Waals surface area contributed by atoms with Crippen molar-refractivity contribution in [2.24, 2.45) is 0 Å². The van der Waals surface area contributed by atoms with E-state index in [0.717, 1.165) is 4.47 Å². The van der Waals surface area contributed by atoms with Crippen molar-refractivity contribution in [2.45, 2.75) is 6.92 Å². The van der Waals surface area contributed by atoms with Crippen LogP contribution in [0.3, 0.4) is 0 Å². The number of hydrogen-bond acceptors (Lipinski definition) is 2. The summed E-state index contributed by atoms with van der Waals surface area (Å²) in [6.07, 6.45) is 0. The van der Waals surface area contributed by atoms with Crippen LogP contribution in [0.5, 0.6) is 0 Å². The highest BCUT2D eigenvalue weighted by atomic mass is 79.9. The summed E-state index contributed by atoms with van der Waals surface area (Å²) in [5.41, 5.74) is 1.70. The molecule has 0 N–H and O–H groups in total. The monoisotopic (exact) mass is 318 g/mol. The second-order valence-electron chi connectivity index (χ2n) is 3.97. The smallest absolute Gasteiger partial charge is 0.146 e. The molecule has 2 nitrogen and oxygen atoms in total. The molecule has 19 heavy (non-hydrogen) atoms. The molecule has 0 fully saturated rings. The molecule has 0 spiro atoms. The molecule has 0 radical (unpaired) electrons. The van der Waals surface area contributed by atoms with E-state index >= 15 is 0 Å². The van der Waals surface area contributed by atoms with Gasteiger partial charge in [-0.2, -0.15) is 5.26 Å². The molecule has 2 rings (SSSR count). The number of benzene rings is 2. The van der Waals surface area contributed by atoms with Gasteiger partial charge in [-0.1, -0.05) is 28.1 Å². The number of rotatable bonds is 3. The molecule has 0 unspecified atom stereocenters. The van der Waals surface area contributed by atoms with Crippen LogP contribution < -0.4 is 4.90 Å². The topological polar surface area (TPSA) is 27.0 Å². The average molecular weight is 319 g/mol. The lowest BCUT2D eigenvalue weighted by atomic mass is 10.1. The van der Waals surface area contributed by atoms with Crippen LogP contribution >= 0.6 is 15.9 Å². The van der Waals surface area contributed by atoms with E-state index in [2.05, 4.69) is 22.0 Å². The van der Waals surface area contributed by atoms with Gasteiger partial charge in [0, 0.05) is 11.0 Å². The van der Waals surface area contributed by atoms with Crippen molar-refractivity contribution in [3.05, 3.63) is 58.3 Å². The summed E-state index contributed by atoms with van der Waals surface area (Å²) in [5, 5.41) is 9.21. The lowest BCUT2D eigenvalue weighted by Crippen LogP contribution is -2.18. The Bertz CT molecular complexity index is 634. The molecular formula is C15H12BrFN2. The molecule has 0 aromatic heterocycles. The van der Waals surface area contributed by atoms with Crippen LogP contribution in [0.15, 0.2) is 46.9 Å². The fraction of sp³-hybridized carbons (Fsp3) is 0.133. The van der Waals surface area contributed by atoms with E-state index in [1.165, 1.54) is 6.07 Å². The van der Waals surface area contributed by atoms with Gasteiger partial charge in [0.1, 0.15) is 11.9 Å². The molecule has 0 bridgehead atoms. The lowest BCUT2D eigenvalue weighted by Gasteiger charge is -2.24. The van der Waals surface area contributed by atoms with Crippen molar-refractivity contribution >= 4 is 27.3 Å². The van der Waals surface area contributed by atoms with E-state index < -0.39 is 0 Å². The fourth-order valence-corrected chi connectivity index (χ4v) is 2.34. The van der Waals surface area contributed by atoms with Crippen LogP contribution in [0.4, 0.5) is 15.8 Å². The zero-order valence-corrected chi connectivity index (χ0v) is 12.0. The Hall–Kier alpha value is -1.86. The Morgan fingerprint density at radius 2 is 1.95 bits per heavy atom. The lowest BCUT2D eigenvalue weighted by molar-refractivity contribution is 0.625. The zero-order chi connectivity index (χ0) is 13.8. The minimum Gasteiger partial charge on any atom is -0.338 e. The summed E-state index contributed by atoms with van der Waals surface area (Å²) >= 11 is 3.34. The number of para-hydroxylation sites is 1. The molecule has 0 atom stereocenters. The standard InChI is InChI=1S/C15H12BrFN2/c1-2-19(15-6-4-3-5-13(15)17)14-8-7-12(16)9-11(14)10-18/h3-9H,2H2,1H3. The van der Waals surface area contributed by atoms with E-state index in [1.807, 2.05) is 19.1 Å². The maximum Gasteiger partial charge on any atom is 0.146 e. The molecule has 0 saturated heterocycles. The Morgan fingerprint density at radius 1 is 1.21 bits per heavy atom. The predicted molar refractivity (Wildman–Crippen MR) is 77.9 cm³/mol. The molecule has 0 aliphatic heterocycles. The Morgan fingerprint density at radius 3 is 2.58 bits per heavy atom. The Balaban J connectivity index is 2.55. The van der Waals surface area contributed by atoms with E-state index in [0.29, 0.717) is 23.5 Å². The molecule has 4 heteroatoms. The van der Waals surface area contributed by atoms with Crippen LogP contribution in [-0.2, 0) is 0 Å². The van der Waals surface area contributed by atoms with Gasteiger partial charge in [0.25, 0.3) is 0 Å². The molecule has 0 saturated carbocycles. The van der Waals surface area contributed by atoms with E-state index in [1.54, 1.807) is 29.2 Å². The van der Waals surface area contributed by atoms with Crippen molar-refractivity contribution in [3.63, 3.8) is 0 Å². The van der Waals surface area contributed by atoms with Gasteiger partial charge >= 0.3 is 0 Å². The predicted octanol–water partition coefficient (Wildman–Crippen LogP) is 4.62. The maximum absolute atomic E-state index is 13.9. The van der Waals surface area contributed by atoms with Gasteiger partial charge in [0.05, 0.1) is 16.9 Å². The number of nitrogens with zero attached hydrogens (tertiary/aromatic N) is 2. The van der Waals surface area contributed by atoms with E-state index in [9.17, 15) is 9.65 Å². The SMILES string of the molecule is CCN(c1ccccc1F)c1ccc(Br)cc1C#N. The van der Waals surface area contributed by atoms with Crippen LogP contribution in [0.25, 0.3) is 0 Å². The molecule has 0 aliphatic rings. The third kappa shape index (κ3) is 2.77. The number of anilines is 2. The van der Waals surface area contributed by atoms with Gasteiger partial charge in [0.2, 0.25) is 0 Å². The maximum atomic E-state index is 13.9. The third-order valence-electron chi connectivity index (χ3n) is 2.83. The zero-order valence-electron chi connectivity index (χ0n) is 10.4.